The van der Waals surface area contributed by atoms with Gasteiger partial charge in [0.15, 0.2) is 5.96 Å². The second kappa shape index (κ2) is 10.6. The summed E-state index contributed by atoms with van der Waals surface area (Å²) in [6.45, 7) is 4.38. The summed E-state index contributed by atoms with van der Waals surface area (Å²) in [5.41, 5.74) is 2.55. The van der Waals surface area contributed by atoms with E-state index in [-0.39, 0.29) is 11.6 Å². The molecular formula is C21H28F2N4. The van der Waals surface area contributed by atoms with E-state index in [1.807, 2.05) is 38.1 Å². The normalized spacial score (nSPS) is 11.7. The van der Waals surface area contributed by atoms with Crippen molar-refractivity contribution >= 4 is 5.96 Å². The maximum Gasteiger partial charge on any atom is 0.191 e. The van der Waals surface area contributed by atoms with Crippen LogP contribution in [0, 0.1) is 11.6 Å². The Morgan fingerprint density at radius 2 is 1.85 bits per heavy atom. The van der Waals surface area contributed by atoms with Crippen LogP contribution in [0.5, 0.6) is 0 Å². The molecule has 0 unspecified atom stereocenters. The molecular weight excluding hydrogens is 346 g/mol. The molecule has 0 saturated heterocycles. The van der Waals surface area contributed by atoms with Crippen LogP contribution in [-0.4, -0.2) is 38.0 Å². The van der Waals surface area contributed by atoms with Crippen molar-refractivity contribution in [3.05, 3.63) is 70.8 Å². The monoisotopic (exact) mass is 374 g/mol. The first-order valence-corrected chi connectivity index (χ1v) is 9.16. The van der Waals surface area contributed by atoms with Crippen molar-refractivity contribution in [2.75, 3.05) is 27.2 Å². The minimum atomic E-state index is -0.224. The Kier molecular flexibility index (Phi) is 8.20. The van der Waals surface area contributed by atoms with Crippen LogP contribution in [-0.2, 0) is 19.5 Å². The minimum absolute atomic E-state index is 0.198. The summed E-state index contributed by atoms with van der Waals surface area (Å²) in [5, 5.41) is 6.44. The third-order valence-corrected chi connectivity index (χ3v) is 3.96. The van der Waals surface area contributed by atoms with Crippen LogP contribution in [0.4, 0.5) is 8.78 Å². The van der Waals surface area contributed by atoms with Gasteiger partial charge in [-0.25, -0.2) is 13.8 Å². The molecule has 0 amide bonds. The highest BCUT2D eigenvalue weighted by atomic mass is 19.1. The molecule has 0 saturated carbocycles. The summed E-state index contributed by atoms with van der Waals surface area (Å²) in [5.74, 6) is 0.266. The topological polar surface area (TPSA) is 39.7 Å². The molecule has 0 atom stereocenters. The quantitative estimate of drug-likeness (QED) is 0.550. The molecule has 6 heteroatoms. The molecule has 2 aromatic rings. The highest BCUT2D eigenvalue weighted by molar-refractivity contribution is 5.79. The van der Waals surface area contributed by atoms with Crippen LogP contribution in [0.2, 0.25) is 0 Å². The van der Waals surface area contributed by atoms with Gasteiger partial charge < -0.3 is 15.5 Å². The summed E-state index contributed by atoms with van der Waals surface area (Å²) in [4.78, 5) is 6.50. The maximum atomic E-state index is 13.9. The predicted molar refractivity (Wildman–Crippen MR) is 107 cm³/mol. The first-order valence-electron chi connectivity index (χ1n) is 9.16. The number of nitrogens with zero attached hydrogens (tertiary/aromatic N) is 2. The molecule has 0 radical (unpaired) electrons. The number of guanidine groups is 1. The summed E-state index contributed by atoms with van der Waals surface area (Å²) >= 11 is 0. The van der Waals surface area contributed by atoms with Crippen molar-refractivity contribution in [2.24, 2.45) is 4.99 Å². The fraction of sp³-hybridized carbons (Fsp3) is 0.381. The maximum absolute atomic E-state index is 13.9. The first-order chi connectivity index (χ1) is 13.0. The standard InChI is InChI=1S/C21H28F2N4/c1-4-24-21(25-11-10-16-6-5-7-19(22)13-16)26-14-17-8-9-20(23)18(12-17)15-27(2)3/h5-9,12-13H,4,10-11,14-15H2,1-3H3,(H2,24,25,26). The Morgan fingerprint density at radius 1 is 1.04 bits per heavy atom. The molecule has 0 spiro atoms. The molecule has 0 aliphatic carbocycles. The van der Waals surface area contributed by atoms with E-state index in [0.29, 0.717) is 37.6 Å². The van der Waals surface area contributed by atoms with E-state index >= 15 is 0 Å². The Balaban J connectivity index is 1.96. The fourth-order valence-corrected chi connectivity index (χ4v) is 2.72. The summed E-state index contributed by atoms with van der Waals surface area (Å²) < 4.78 is 27.1. The van der Waals surface area contributed by atoms with Crippen LogP contribution in [0.1, 0.15) is 23.6 Å². The van der Waals surface area contributed by atoms with Crippen molar-refractivity contribution in [1.29, 1.82) is 0 Å². The van der Waals surface area contributed by atoms with Crippen molar-refractivity contribution in [2.45, 2.75) is 26.4 Å². The van der Waals surface area contributed by atoms with Gasteiger partial charge in [0.25, 0.3) is 0 Å². The van der Waals surface area contributed by atoms with E-state index in [2.05, 4.69) is 15.6 Å². The number of hydrogen-bond donors (Lipinski definition) is 2. The van der Waals surface area contributed by atoms with E-state index in [4.69, 9.17) is 0 Å². The Morgan fingerprint density at radius 3 is 2.56 bits per heavy atom. The van der Waals surface area contributed by atoms with Gasteiger partial charge in [-0.15, -0.1) is 0 Å². The highest BCUT2D eigenvalue weighted by Gasteiger charge is 2.05. The number of aliphatic imine (C=N–C) groups is 1. The summed E-state index contributed by atoms with van der Waals surface area (Å²) in [6.07, 6.45) is 0.700. The van der Waals surface area contributed by atoms with Gasteiger partial charge in [-0.05, 0) is 62.8 Å². The fourth-order valence-electron chi connectivity index (χ4n) is 2.72. The third-order valence-electron chi connectivity index (χ3n) is 3.96. The smallest absolute Gasteiger partial charge is 0.191 e. The lowest BCUT2D eigenvalue weighted by Crippen LogP contribution is -2.38. The van der Waals surface area contributed by atoms with Crippen molar-refractivity contribution in [3.8, 4) is 0 Å². The SMILES string of the molecule is CCNC(=NCc1ccc(F)c(CN(C)C)c1)NCCc1cccc(F)c1. The van der Waals surface area contributed by atoms with Crippen LogP contribution >= 0.6 is 0 Å². The van der Waals surface area contributed by atoms with E-state index < -0.39 is 0 Å². The van der Waals surface area contributed by atoms with Crippen molar-refractivity contribution < 1.29 is 8.78 Å². The first kappa shape index (κ1) is 20.8. The molecule has 0 aromatic heterocycles. The van der Waals surface area contributed by atoms with Gasteiger partial charge in [0, 0.05) is 25.2 Å². The Labute approximate surface area is 160 Å². The zero-order valence-corrected chi connectivity index (χ0v) is 16.2. The van der Waals surface area contributed by atoms with Crippen LogP contribution < -0.4 is 10.6 Å². The van der Waals surface area contributed by atoms with Gasteiger partial charge in [0.05, 0.1) is 6.54 Å². The molecule has 0 aliphatic rings. The molecule has 0 bridgehead atoms. The Hall–Kier alpha value is -2.47. The second-order valence-electron chi connectivity index (χ2n) is 6.67. The van der Waals surface area contributed by atoms with E-state index in [0.717, 1.165) is 17.7 Å². The zero-order chi connectivity index (χ0) is 19.6. The number of nitrogens with one attached hydrogen (secondary N) is 2. The molecule has 0 aliphatic heterocycles. The average molecular weight is 374 g/mol. The predicted octanol–water partition coefficient (Wildman–Crippen LogP) is 3.32. The van der Waals surface area contributed by atoms with Gasteiger partial charge in [-0.1, -0.05) is 18.2 Å². The molecule has 4 nitrogen and oxygen atoms in total. The number of halogens is 2. The minimum Gasteiger partial charge on any atom is -0.357 e. The van der Waals surface area contributed by atoms with Gasteiger partial charge in [-0.2, -0.15) is 0 Å². The number of hydrogen-bond acceptors (Lipinski definition) is 2. The highest BCUT2D eigenvalue weighted by Crippen LogP contribution is 2.13. The average Bonchev–Trinajstić information content (AvgIpc) is 2.62. The summed E-state index contributed by atoms with van der Waals surface area (Å²) in [7, 11) is 3.83. The number of rotatable bonds is 8. The van der Waals surface area contributed by atoms with Gasteiger partial charge >= 0.3 is 0 Å². The van der Waals surface area contributed by atoms with Crippen molar-refractivity contribution in [1.82, 2.24) is 15.5 Å². The molecule has 2 aromatic carbocycles. The lowest BCUT2D eigenvalue weighted by molar-refractivity contribution is 0.392. The Bertz CT molecular complexity index is 760. The third kappa shape index (κ3) is 7.35. The van der Waals surface area contributed by atoms with E-state index in [1.165, 1.54) is 18.2 Å². The van der Waals surface area contributed by atoms with Crippen molar-refractivity contribution in [3.63, 3.8) is 0 Å². The lowest BCUT2D eigenvalue weighted by Gasteiger charge is -2.13. The molecule has 27 heavy (non-hydrogen) atoms. The largest absolute Gasteiger partial charge is 0.357 e. The molecule has 0 fully saturated rings. The van der Waals surface area contributed by atoms with Gasteiger partial charge in [-0.3, -0.25) is 0 Å². The van der Waals surface area contributed by atoms with Gasteiger partial charge in [0.1, 0.15) is 11.6 Å². The second-order valence-corrected chi connectivity index (χ2v) is 6.67. The van der Waals surface area contributed by atoms with Gasteiger partial charge in [0.2, 0.25) is 0 Å². The van der Waals surface area contributed by atoms with Crippen LogP contribution in [0.25, 0.3) is 0 Å². The molecule has 2 rings (SSSR count). The van der Waals surface area contributed by atoms with E-state index in [1.54, 1.807) is 12.1 Å². The zero-order valence-electron chi connectivity index (χ0n) is 16.2. The molecule has 0 heterocycles. The summed E-state index contributed by atoms with van der Waals surface area (Å²) in [6, 6.07) is 11.7. The lowest BCUT2D eigenvalue weighted by atomic mass is 10.1. The molecule has 146 valence electrons. The molecule has 2 N–H and O–H groups in total. The number of benzene rings is 2. The van der Waals surface area contributed by atoms with Crippen LogP contribution in [0.3, 0.4) is 0 Å². The van der Waals surface area contributed by atoms with E-state index in [9.17, 15) is 8.78 Å². The van der Waals surface area contributed by atoms with Crippen LogP contribution in [0.15, 0.2) is 47.5 Å².